The molecule has 0 bridgehead atoms. The van der Waals surface area contributed by atoms with Crippen molar-refractivity contribution >= 4 is 6.21 Å². The van der Waals surface area contributed by atoms with Crippen LogP contribution in [0, 0.1) is 0 Å². The van der Waals surface area contributed by atoms with Gasteiger partial charge in [0, 0.05) is 20.3 Å². The fourth-order valence-electron chi connectivity index (χ4n) is 0.225. The third-order valence-electron chi connectivity index (χ3n) is 0.498. The number of allylic oxidation sites excluding steroid dienone is 1. The van der Waals surface area contributed by atoms with Crippen LogP contribution in [0.2, 0.25) is 0 Å². The second-order valence-electron chi connectivity index (χ2n) is 1.06. The van der Waals surface area contributed by atoms with Crippen molar-refractivity contribution in [3.63, 3.8) is 0 Å². The standard InChI is InChI=1S/C5H10N2/c1-6-4-3-5-7-2/h3-6H,1-2H3/b4-3+,7-5+. The Bertz CT molecular complexity index is 74.1. The molecule has 0 fully saturated rings. The van der Waals surface area contributed by atoms with Crippen LogP contribution >= 0.6 is 0 Å². The third-order valence-corrected chi connectivity index (χ3v) is 0.498. The van der Waals surface area contributed by atoms with Crippen molar-refractivity contribution in [2.75, 3.05) is 14.1 Å². The van der Waals surface area contributed by atoms with Crippen molar-refractivity contribution in [2.45, 2.75) is 0 Å². The number of nitrogens with one attached hydrogen (secondary N) is 1. The molecular formula is C5H10N2. The monoisotopic (exact) mass is 98.1 g/mol. The summed E-state index contributed by atoms with van der Waals surface area (Å²) < 4.78 is 0. The summed E-state index contributed by atoms with van der Waals surface area (Å²) in [7, 11) is 3.58. The molecule has 0 spiro atoms. The van der Waals surface area contributed by atoms with Crippen LogP contribution in [0.5, 0.6) is 0 Å². The molecule has 0 aromatic carbocycles. The summed E-state index contributed by atoms with van der Waals surface area (Å²) in [6, 6.07) is 0. The summed E-state index contributed by atoms with van der Waals surface area (Å²) in [6.07, 6.45) is 5.36. The molecule has 0 unspecified atom stereocenters. The van der Waals surface area contributed by atoms with Crippen molar-refractivity contribution < 1.29 is 0 Å². The van der Waals surface area contributed by atoms with Crippen molar-refractivity contribution in [3.05, 3.63) is 12.3 Å². The van der Waals surface area contributed by atoms with Crippen molar-refractivity contribution in [1.29, 1.82) is 0 Å². The summed E-state index contributed by atoms with van der Waals surface area (Å²) in [5.41, 5.74) is 0. The van der Waals surface area contributed by atoms with Crippen LogP contribution in [0.3, 0.4) is 0 Å². The van der Waals surface area contributed by atoms with E-state index in [2.05, 4.69) is 10.3 Å². The molecule has 0 aliphatic rings. The first kappa shape index (κ1) is 6.21. The van der Waals surface area contributed by atoms with E-state index in [1.54, 1.807) is 13.3 Å². The second kappa shape index (κ2) is 5.21. The van der Waals surface area contributed by atoms with E-state index in [1.165, 1.54) is 0 Å². The molecule has 0 aromatic heterocycles. The zero-order valence-corrected chi connectivity index (χ0v) is 4.68. The minimum absolute atomic E-state index is 1.72. The van der Waals surface area contributed by atoms with Gasteiger partial charge in [-0.25, -0.2) is 0 Å². The Hall–Kier alpha value is -0.790. The fraction of sp³-hybridized carbons (Fsp3) is 0.400. The molecule has 0 saturated heterocycles. The van der Waals surface area contributed by atoms with Gasteiger partial charge >= 0.3 is 0 Å². The van der Waals surface area contributed by atoms with Crippen molar-refractivity contribution in [1.82, 2.24) is 5.32 Å². The summed E-state index contributed by atoms with van der Waals surface area (Å²) in [4.78, 5) is 3.72. The molecule has 0 heterocycles. The molecule has 7 heavy (non-hydrogen) atoms. The van der Waals surface area contributed by atoms with E-state index in [9.17, 15) is 0 Å². The Kier molecular flexibility index (Phi) is 4.62. The van der Waals surface area contributed by atoms with Gasteiger partial charge < -0.3 is 5.32 Å². The lowest BCUT2D eigenvalue weighted by Crippen LogP contribution is -1.90. The number of aliphatic imine (C=N–C) groups is 1. The largest absolute Gasteiger partial charge is 0.394 e. The van der Waals surface area contributed by atoms with E-state index in [-0.39, 0.29) is 0 Å². The van der Waals surface area contributed by atoms with Crippen LogP contribution in [0.25, 0.3) is 0 Å². The number of rotatable bonds is 2. The van der Waals surface area contributed by atoms with Gasteiger partial charge in [-0.1, -0.05) is 0 Å². The lowest BCUT2D eigenvalue weighted by Gasteiger charge is -1.77. The first-order chi connectivity index (χ1) is 3.41. The average molecular weight is 98.1 g/mol. The molecule has 40 valence electrons. The topological polar surface area (TPSA) is 24.4 Å². The highest BCUT2D eigenvalue weighted by atomic mass is 14.8. The molecule has 0 aliphatic heterocycles. The van der Waals surface area contributed by atoms with Gasteiger partial charge in [0.2, 0.25) is 0 Å². The van der Waals surface area contributed by atoms with Crippen molar-refractivity contribution in [3.8, 4) is 0 Å². The molecule has 0 saturated carbocycles. The number of hydrogen-bond acceptors (Lipinski definition) is 2. The van der Waals surface area contributed by atoms with E-state index in [0.717, 1.165) is 0 Å². The van der Waals surface area contributed by atoms with E-state index < -0.39 is 0 Å². The quantitative estimate of drug-likeness (QED) is 0.497. The molecule has 0 aromatic rings. The molecule has 0 radical (unpaired) electrons. The number of nitrogens with zero attached hydrogens (tertiary/aromatic N) is 1. The highest BCUT2D eigenvalue weighted by Crippen LogP contribution is 1.57. The van der Waals surface area contributed by atoms with Crippen LogP contribution < -0.4 is 5.32 Å². The first-order valence-corrected chi connectivity index (χ1v) is 2.16. The maximum Gasteiger partial charge on any atom is 0.0277 e. The van der Waals surface area contributed by atoms with E-state index in [0.29, 0.717) is 0 Å². The third kappa shape index (κ3) is 5.21. The Morgan fingerprint density at radius 2 is 2.29 bits per heavy atom. The Morgan fingerprint density at radius 3 is 2.71 bits per heavy atom. The molecule has 0 amide bonds. The summed E-state index contributed by atoms with van der Waals surface area (Å²) in [5, 5.41) is 2.83. The van der Waals surface area contributed by atoms with Crippen LogP contribution in [0.15, 0.2) is 17.3 Å². The molecule has 2 nitrogen and oxygen atoms in total. The SMILES string of the molecule is C/N=C/C=C/NC. The summed E-state index contributed by atoms with van der Waals surface area (Å²) in [6.45, 7) is 0. The predicted octanol–water partition coefficient (Wildman–Crippen LogP) is 0.420. The molecule has 1 N–H and O–H groups in total. The van der Waals surface area contributed by atoms with Crippen LogP contribution in [-0.2, 0) is 0 Å². The zero-order valence-electron chi connectivity index (χ0n) is 4.68. The maximum atomic E-state index is 3.72. The van der Waals surface area contributed by atoms with Crippen LogP contribution in [0.1, 0.15) is 0 Å². The number of hydrogen-bond donors (Lipinski definition) is 1. The molecular weight excluding hydrogens is 88.1 g/mol. The molecule has 2 heteroatoms. The minimum atomic E-state index is 1.72. The minimum Gasteiger partial charge on any atom is -0.394 e. The van der Waals surface area contributed by atoms with Gasteiger partial charge in [0.25, 0.3) is 0 Å². The first-order valence-electron chi connectivity index (χ1n) is 2.16. The van der Waals surface area contributed by atoms with Crippen LogP contribution in [-0.4, -0.2) is 20.3 Å². The van der Waals surface area contributed by atoms with Gasteiger partial charge in [0.1, 0.15) is 0 Å². The lowest BCUT2D eigenvalue weighted by atomic mass is 10.6. The fourth-order valence-corrected chi connectivity index (χ4v) is 0.225. The summed E-state index contributed by atoms with van der Waals surface area (Å²) in [5.74, 6) is 0. The predicted molar refractivity (Wildman–Crippen MR) is 32.6 cm³/mol. The van der Waals surface area contributed by atoms with Gasteiger partial charge in [-0.3, -0.25) is 4.99 Å². The highest BCUT2D eigenvalue weighted by molar-refractivity contribution is 5.70. The maximum absolute atomic E-state index is 3.72. The van der Waals surface area contributed by atoms with Gasteiger partial charge in [0.05, 0.1) is 0 Å². The van der Waals surface area contributed by atoms with Crippen LogP contribution in [0.4, 0.5) is 0 Å². The van der Waals surface area contributed by atoms with Gasteiger partial charge in [0.15, 0.2) is 0 Å². The summed E-state index contributed by atoms with van der Waals surface area (Å²) >= 11 is 0. The van der Waals surface area contributed by atoms with E-state index in [1.807, 2.05) is 19.3 Å². The molecule has 0 aliphatic carbocycles. The van der Waals surface area contributed by atoms with Crippen molar-refractivity contribution in [2.24, 2.45) is 4.99 Å². The van der Waals surface area contributed by atoms with Gasteiger partial charge in [-0.05, 0) is 12.3 Å². The Morgan fingerprint density at radius 1 is 1.57 bits per heavy atom. The molecule has 0 atom stereocenters. The normalized spacial score (nSPS) is 11.1. The van der Waals surface area contributed by atoms with E-state index >= 15 is 0 Å². The van der Waals surface area contributed by atoms with Gasteiger partial charge in [-0.15, -0.1) is 0 Å². The smallest absolute Gasteiger partial charge is 0.0277 e. The second-order valence-corrected chi connectivity index (χ2v) is 1.06. The Balaban J connectivity index is 3.09. The zero-order chi connectivity index (χ0) is 5.54. The van der Waals surface area contributed by atoms with Gasteiger partial charge in [-0.2, -0.15) is 0 Å². The lowest BCUT2D eigenvalue weighted by molar-refractivity contribution is 1.11. The molecule has 0 rings (SSSR count). The average Bonchev–Trinajstić information content (AvgIpc) is 1.69. The van der Waals surface area contributed by atoms with E-state index in [4.69, 9.17) is 0 Å². The highest BCUT2D eigenvalue weighted by Gasteiger charge is 1.54. The Labute approximate surface area is 44.0 Å².